The summed E-state index contributed by atoms with van der Waals surface area (Å²) in [5, 5.41) is 21.4. The van der Waals surface area contributed by atoms with Crippen molar-refractivity contribution < 1.29 is 9.72 Å². The molecule has 1 N–H and O–H groups in total. The third kappa shape index (κ3) is 3.55. The van der Waals surface area contributed by atoms with Crippen LogP contribution >= 0.6 is 0 Å². The van der Waals surface area contributed by atoms with Crippen molar-refractivity contribution >= 4 is 17.5 Å². The number of benzene rings is 1. The van der Waals surface area contributed by atoms with Crippen molar-refractivity contribution in [3.63, 3.8) is 0 Å². The second-order valence-electron chi connectivity index (χ2n) is 5.54. The molecule has 0 fully saturated rings. The van der Waals surface area contributed by atoms with Gasteiger partial charge in [-0.25, -0.2) is 0 Å². The van der Waals surface area contributed by atoms with Crippen molar-refractivity contribution in [3.8, 4) is 0 Å². The third-order valence-electron chi connectivity index (χ3n) is 3.68. The lowest BCUT2D eigenvalue weighted by Crippen LogP contribution is -2.16. The molecule has 0 spiro atoms. The van der Waals surface area contributed by atoms with Crippen LogP contribution in [-0.2, 0) is 13.6 Å². The highest BCUT2D eigenvalue weighted by Crippen LogP contribution is 2.15. The molecule has 0 radical (unpaired) electrons. The van der Waals surface area contributed by atoms with Crippen LogP contribution in [0.4, 0.5) is 11.6 Å². The zero-order valence-corrected chi connectivity index (χ0v) is 13.7. The molecule has 9 heteroatoms. The second-order valence-corrected chi connectivity index (χ2v) is 5.54. The summed E-state index contributed by atoms with van der Waals surface area (Å²) in [6.45, 7) is 2.47. The number of aromatic nitrogens is 4. The van der Waals surface area contributed by atoms with Crippen molar-refractivity contribution in [1.29, 1.82) is 0 Å². The predicted octanol–water partition coefficient (Wildman–Crippen LogP) is 2.13. The van der Waals surface area contributed by atoms with Crippen LogP contribution in [0.5, 0.6) is 0 Å². The molecule has 128 valence electrons. The molecular formula is C16H16N6O3. The number of carbonyl (C=O) groups excluding carboxylic acids is 1. The van der Waals surface area contributed by atoms with Gasteiger partial charge in [-0.15, -0.1) is 0 Å². The first kappa shape index (κ1) is 16.4. The topological polar surface area (TPSA) is 108 Å². The minimum absolute atomic E-state index is 0.0852. The molecule has 2 aromatic heterocycles. The molecular weight excluding hydrogens is 324 g/mol. The Bertz CT molecular complexity index is 929. The van der Waals surface area contributed by atoms with E-state index in [2.05, 4.69) is 15.5 Å². The maximum absolute atomic E-state index is 12.3. The monoisotopic (exact) mass is 340 g/mol. The molecule has 1 aromatic carbocycles. The smallest absolute Gasteiger partial charge is 0.358 e. The van der Waals surface area contributed by atoms with Gasteiger partial charge in [0.25, 0.3) is 5.91 Å². The van der Waals surface area contributed by atoms with Crippen LogP contribution in [-0.4, -0.2) is 30.4 Å². The summed E-state index contributed by atoms with van der Waals surface area (Å²) in [6, 6.07) is 12.7. The number of hydrogen-bond donors (Lipinski definition) is 1. The summed E-state index contributed by atoms with van der Waals surface area (Å²) in [6.07, 6.45) is 0. The van der Waals surface area contributed by atoms with Gasteiger partial charge >= 0.3 is 5.82 Å². The Morgan fingerprint density at radius 3 is 2.60 bits per heavy atom. The number of anilines is 1. The van der Waals surface area contributed by atoms with Crippen molar-refractivity contribution in [2.45, 2.75) is 13.5 Å². The summed E-state index contributed by atoms with van der Waals surface area (Å²) in [5.74, 6) is -0.506. The van der Waals surface area contributed by atoms with E-state index in [1.807, 2.05) is 37.3 Å². The Hall–Kier alpha value is -3.49. The summed E-state index contributed by atoms with van der Waals surface area (Å²) >= 11 is 0. The van der Waals surface area contributed by atoms with Gasteiger partial charge in [0, 0.05) is 11.8 Å². The summed E-state index contributed by atoms with van der Waals surface area (Å²) < 4.78 is 2.94. The van der Waals surface area contributed by atoms with E-state index in [4.69, 9.17) is 0 Å². The molecule has 0 unspecified atom stereocenters. The van der Waals surface area contributed by atoms with Crippen molar-refractivity contribution in [3.05, 3.63) is 69.5 Å². The van der Waals surface area contributed by atoms with Crippen LogP contribution in [0.15, 0.2) is 42.5 Å². The van der Waals surface area contributed by atoms with Gasteiger partial charge in [-0.3, -0.25) is 9.48 Å². The quantitative estimate of drug-likeness (QED) is 0.565. The lowest BCUT2D eigenvalue weighted by molar-refractivity contribution is -0.389. The van der Waals surface area contributed by atoms with Gasteiger partial charge in [0.15, 0.2) is 11.5 Å². The van der Waals surface area contributed by atoms with Crippen LogP contribution in [0.1, 0.15) is 21.7 Å². The number of hydrogen-bond acceptors (Lipinski definition) is 5. The van der Waals surface area contributed by atoms with E-state index in [1.54, 1.807) is 10.7 Å². The number of rotatable bonds is 5. The molecule has 0 saturated carbocycles. The number of carbonyl (C=O) groups is 1. The van der Waals surface area contributed by atoms with E-state index in [-0.39, 0.29) is 11.5 Å². The number of aryl methyl sites for hydroxylation is 2. The Morgan fingerprint density at radius 2 is 1.96 bits per heavy atom. The fourth-order valence-corrected chi connectivity index (χ4v) is 2.42. The van der Waals surface area contributed by atoms with E-state index < -0.39 is 10.8 Å². The molecule has 1 amide bonds. The average molecular weight is 340 g/mol. The number of nitrogens with zero attached hydrogens (tertiary/aromatic N) is 5. The molecule has 0 saturated heterocycles. The molecule has 25 heavy (non-hydrogen) atoms. The van der Waals surface area contributed by atoms with Gasteiger partial charge in [0.1, 0.15) is 0 Å². The summed E-state index contributed by atoms with van der Waals surface area (Å²) in [7, 11) is 1.47. The average Bonchev–Trinajstić information content (AvgIpc) is 3.12. The fraction of sp³-hybridized carbons (Fsp3) is 0.188. The van der Waals surface area contributed by atoms with Gasteiger partial charge in [-0.2, -0.15) is 9.78 Å². The first-order chi connectivity index (χ1) is 11.9. The van der Waals surface area contributed by atoms with E-state index in [0.717, 1.165) is 17.3 Å². The molecule has 0 aliphatic carbocycles. The van der Waals surface area contributed by atoms with Crippen LogP contribution in [0.25, 0.3) is 0 Å². The van der Waals surface area contributed by atoms with Crippen LogP contribution in [0.3, 0.4) is 0 Å². The third-order valence-corrected chi connectivity index (χ3v) is 3.68. The standard InChI is InChI=1S/C16H16N6O3/c1-11-8-14(18-21(11)10-12-6-4-3-5-7-12)17-16(23)13-9-15(22(24)25)19-20(13)2/h3-9H,10H2,1-2H3,(H,17,18,23). The minimum atomic E-state index is -0.643. The Balaban J connectivity index is 1.76. The second kappa shape index (κ2) is 6.56. The Labute approximate surface area is 143 Å². The van der Waals surface area contributed by atoms with E-state index >= 15 is 0 Å². The predicted molar refractivity (Wildman–Crippen MR) is 90.3 cm³/mol. The van der Waals surface area contributed by atoms with Gasteiger partial charge in [0.2, 0.25) is 0 Å². The van der Waals surface area contributed by atoms with E-state index in [9.17, 15) is 14.9 Å². The molecule has 0 atom stereocenters. The number of nitro groups is 1. The molecule has 0 aliphatic heterocycles. The highest BCUT2D eigenvalue weighted by molar-refractivity contribution is 6.02. The zero-order valence-electron chi connectivity index (χ0n) is 13.7. The first-order valence-corrected chi connectivity index (χ1v) is 7.52. The summed E-state index contributed by atoms with van der Waals surface area (Å²) in [5.41, 5.74) is 2.06. The van der Waals surface area contributed by atoms with Crippen molar-refractivity contribution in [1.82, 2.24) is 19.6 Å². The molecule has 2 heterocycles. The summed E-state index contributed by atoms with van der Waals surface area (Å²) in [4.78, 5) is 22.4. The van der Waals surface area contributed by atoms with Gasteiger partial charge < -0.3 is 15.4 Å². The van der Waals surface area contributed by atoms with Crippen molar-refractivity contribution in [2.24, 2.45) is 7.05 Å². The number of nitrogens with one attached hydrogen (secondary N) is 1. The maximum Gasteiger partial charge on any atom is 0.390 e. The lowest BCUT2D eigenvalue weighted by Gasteiger charge is -2.04. The molecule has 9 nitrogen and oxygen atoms in total. The first-order valence-electron chi connectivity index (χ1n) is 7.52. The molecule has 3 aromatic rings. The number of amides is 1. The molecule has 3 rings (SSSR count). The van der Waals surface area contributed by atoms with E-state index in [1.165, 1.54) is 11.7 Å². The van der Waals surface area contributed by atoms with Gasteiger partial charge in [-0.05, 0) is 17.4 Å². The highest BCUT2D eigenvalue weighted by Gasteiger charge is 2.21. The van der Waals surface area contributed by atoms with Crippen LogP contribution in [0, 0.1) is 17.0 Å². The molecule has 0 bridgehead atoms. The van der Waals surface area contributed by atoms with Crippen LogP contribution in [0.2, 0.25) is 0 Å². The van der Waals surface area contributed by atoms with E-state index in [0.29, 0.717) is 12.4 Å². The molecule has 0 aliphatic rings. The van der Waals surface area contributed by atoms with Gasteiger partial charge in [-0.1, -0.05) is 30.3 Å². The maximum atomic E-state index is 12.3. The Kier molecular flexibility index (Phi) is 4.29. The minimum Gasteiger partial charge on any atom is -0.358 e. The lowest BCUT2D eigenvalue weighted by atomic mass is 10.2. The fourth-order valence-electron chi connectivity index (χ4n) is 2.42. The van der Waals surface area contributed by atoms with Crippen molar-refractivity contribution in [2.75, 3.05) is 5.32 Å². The van der Waals surface area contributed by atoms with Crippen LogP contribution < -0.4 is 5.32 Å². The highest BCUT2D eigenvalue weighted by atomic mass is 16.6. The largest absolute Gasteiger partial charge is 0.390 e. The normalized spacial score (nSPS) is 10.6. The zero-order chi connectivity index (χ0) is 18.0. The van der Waals surface area contributed by atoms with Gasteiger partial charge in [0.05, 0.1) is 24.8 Å². The SMILES string of the molecule is Cc1cc(NC(=O)c2cc([N+](=O)[O-])nn2C)nn1Cc1ccccc1. The Morgan fingerprint density at radius 1 is 1.24 bits per heavy atom.